The van der Waals surface area contributed by atoms with Crippen LogP contribution in [0.3, 0.4) is 0 Å². The molecule has 3 rings (SSSR count). The third kappa shape index (κ3) is 3.30. The largest absolute Gasteiger partial charge is 0.476 e. The highest BCUT2D eigenvalue weighted by atomic mass is 16.4. The maximum Gasteiger partial charge on any atom is 0.358 e. The molecule has 1 unspecified atom stereocenters. The molecule has 6 nitrogen and oxygen atoms in total. The number of carbonyl (C=O) groups is 2. The minimum Gasteiger partial charge on any atom is -0.476 e. The molecule has 1 aromatic heterocycles. The molecular weight excluding hydrogens is 296 g/mol. The predicted molar refractivity (Wildman–Crippen MR) is 83.1 cm³/mol. The molecule has 1 aromatic rings. The molecule has 2 atom stereocenters. The number of carboxylic acid groups (broad SMARTS) is 1. The van der Waals surface area contributed by atoms with Crippen molar-refractivity contribution in [2.45, 2.75) is 44.9 Å². The number of aromatic nitrogens is 1. The number of allylic oxidation sites excluding steroid dienone is 2. The number of hydrogen-bond donors (Lipinski definition) is 1. The van der Waals surface area contributed by atoms with Crippen molar-refractivity contribution in [3.8, 4) is 0 Å². The van der Waals surface area contributed by atoms with Crippen molar-refractivity contribution in [2.24, 2.45) is 5.92 Å². The zero-order valence-electron chi connectivity index (χ0n) is 13.3. The molecule has 1 aliphatic heterocycles. The van der Waals surface area contributed by atoms with Gasteiger partial charge in [-0.25, -0.2) is 9.78 Å². The average molecular weight is 318 g/mol. The Hall–Kier alpha value is -2.11. The highest BCUT2D eigenvalue weighted by Crippen LogP contribution is 2.32. The molecule has 1 amide bonds. The maximum atomic E-state index is 12.7. The minimum atomic E-state index is -1.08. The molecule has 6 heteroatoms. The summed E-state index contributed by atoms with van der Waals surface area (Å²) < 4.78 is 5.31. The Morgan fingerprint density at radius 2 is 2.22 bits per heavy atom. The molecule has 0 aromatic carbocycles. The molecule has 0 bridgehead atoms. The van der Waals surface area contributed by atoms with Gasteiger partial charge in [-0.1, -0.05) is 11.6 Å². The smallest absolute Gasteiger partial charge is 0.358 e. The van der Waals surface area contributed by atoms with Crippen LogP contribution in [0.4, 0.5) is 0 Å². The summed E-state index contributed by atoms with van der Waals surface area (Å²) in [6, 6.07) is 0. The molecule has 1 fully saturated rings. The minimum absolute atomic E-state index is 0.0273. The van der Waals surface area contributed by atoms with Crippen LogP contribution in [-0.4, -0.2) is 40.0 Å². The van der Waals surface area contributed by atoms with Crippen LogP contribution in [0.25, 0.3) is 0 Å². The van der Waals surface area contributed by atoms with Gasteiger partial charge in [0.2, 0.25) is 5.91 Å². The van der Waals surface area contributed by atoms with Gasteiger partial charge in [0.25, 0.3) is 0 Å². The molecule has 2 heterocycles. The first-order valence-corrected chi connectivity index (χ1v) is 8.17. The molecule has 124 valence electrons. The van der Waals surface area contributed by atoms with Gasteiger partial charge in [0, 0.05) is 24.9 Å². The second kappa shape index (κ2) is 6.56. The number of carbonyl (C=O) groups excluding carboxylic acids is 1. The van der Waals surface area contributed by atoms with Crippen LogP contribution in [0.1, 0.15) is 61.2 Å². The van der Waals surface area contributed by atoms with Crippen LogP contribution < -0.4 is 0 Å². The van der Waals surface area contributed by atoms with Crippen molar-refractivity contribution < 1.29 is 19.1 Å². The van der Waals surface area contributed by atoms with E-state index in [0.717, 1.165) is 38.6 Å². The zero-order valence-corrected chi connectivity index (χ0v) is 13.3. The number of rotatable bonds is 3. The Morgan fingerprint density at radius 1 is 1.39 bits per heavy atom. The summed E-state index contributed by atoms with van der Waals surface area (Å²) in [7, 11) is 0. The zero-order chi connectivity index (χ0) is 16.4. The molecule has 2 aliphatic rings. The average Bonchev–Trinajstić information content (AvgIpc) is 3.05. The second-order valence-electron chi connectivity index (χ2n) is 6.52. The highest BCUT2D eigenvalue weighted by Gasteiger charge is 2.33. The normalized spacial score (nSPS) is 25.1. The van der Waals surface area contributed by atoms with E-state index >= 15 is 0 Å². The van der Waals surface area contributed by atoms with Gasteiger partial charge in [-0.15, -0.1) is 0 Å². The summed E-state index contributed by atoms with van der Waals surface area (Å²) in [6.45, 7) is 3.37. The maximum absolute atomic E-state index is 12.7. The number of oxazole rings is 1. The molecule has 1 aliphatic carbocycles. The van der Waals surface area contributed by atoms with Crippen LogP contribution in [0.2, 0.25) is 0 Å². The first-order chi connectivity index (χ1) is 11.1. The van der Waals surface area contributed by atoms with Crippen molar-refractivity contribution in [1.82, 2.24) is 9.88 Å². The number of piperidine rings is 1. The Kier molecular flexibility index (Phi) is 4.50. The Morgan fingerprint density at radius 3 is 2.91 bits per heavy atom. The summed E-state index contributed by atoms with van der Waals surface area (Å²) in [6.07, 6.45) is 7.72. The number of amides is 1. The van der Waals surface area contributed by atoms with Crippen LogP contribution in [0.5, 0.6) is 0 Å². The van der Waals surface area contributed by atoms with Crippen molar-refractivity contribution >= 4 is 11.9 Å². The number of hydrogen-bond acceptors (Lipinski definition) is 4. The molecule has 23 heavy (non-hydrogen) atoms. The number of likely N-dealkylation sites (tertiary alicyclic amines) is 1. The van der Waals surface area contributed by atoms with Gasteiger partial charge in [-0.3, -0.25) is 4.79 Å². The molecule has 0 spiro atoms. The van der Waals surface area contributed by atoms with E-state index in [9.17, 15) is 14.7 Å². The lowest BCUT2D eigenvalue weighted by atomic mass is 9.87. The lowest BCUT2D eigenvalue weighted by molar-refractivity contribution is -0.137. The van der Waals surface area contributed by atoms with Gasteiger partial charge in [0.1, 0.15) is 5.76 Å². The van der Waals surface area contributed by atoms with E-state index < -0.39 is 5.97 Å². The van der Waals surface area contributed by atoms with Gasteiger partial charge in [0.05, 0.1) is 0 Å². The van der Waals surface area contributed by atoms with Gasteiger partial charge in [0.15, 0.2) is 12.1 Å². The van der Waals surface area contributed by atoms with Gasteiger partial charge < -0.3 is 14.4 Å². The fraction of sp³-hybridized carbons (Fsp3) is 0.588. The monoisotopic (exact) mass is 318 g/mol. The number of carboxylic acids is 1. The molecule has 1 N–H and O–H groups in total. The van der Waals surface area contributed by atoms with Crippen molar-refractivity contribution in [3.05, 3.63) is 29.5 Å². The van der Waals surface area contributed by atoms with E-state index in [2.05, 4.69) is 18.0 Å². The van der Waals surface area contributed by atoms with Crippen LogP contribution in [0, 0.1) is 5.92 Å². The SMILES string of the molecule is CC1=CC[C@H](C(=O)N2CCCC(c3ocnc3C(=O)O)C2)CC1. The van der Waals surface area contributed by atoms with Crippen LogP contribution in [0.15, 0.2) is 22.5 Å². The van der Waals surface area contributed by atoms with Crippen molar-refractivity contribution in [3.63, 3.8) is 0 Å². The Bertz CT molecular complexity index is 634. The molecular formula is C17H22N2O4. The summed E-state index contributed by atoms with van der Waals surface area (Å²) in [5.41, 5.74) is 1.33. The fourth-order valence-electron chi connectivity index (χ4n) is 3.54. The molecule has 0 radical (unpaired) electrons. The van der Waals surface area contributed by atoms with E-state index in [1.807, 2.05) is 4.90 Å². The van der Waals surface area contributed by atoms with E-state index in [-0.39, 0.29) is 23.4 Å². The summed E-state index contributed by atoms with van der Waals surface area (Å²) in [5.74, 6) is -0.511. The van der Waals surface area contributed by atoms with E-state index in [1.165, 1.54) is 12.0 Å². The highest BCUT2D eigenvalue weighted by molar-refractivity contribution is 5.86. The molecule has 0 saturated carbocycles. The lowest BCUT2D eigenvalue weighted by Crippen LogP contribution is -2.42. The Labute approximate surface area is 135 Å². The number of aromatic carboxylic acids is 1. The predicted octanol–water partition coefficient (Wildman–Crippen LogP) is 2.83. The van der Waals surface area contributed by atoms with Gasteiger partial charge >= 0.3 is 5.97 Å². The summed E-state index contributed by atoms with van der Waals surface area (Å²) in [4.78, 5) is 29.6. The first-order valence-electron chi connectivity index (χ1n) is 8.17. The third-order valence-electron chi connectivity index (χ3n) is 4.89. The quantitative estimate of drug-likeness (QED) is 0.866. The fourth-order valence-corrected chi connectivity index (χ4v) is 3.54. The van der Waals surface area contributed by atoms with Gasteiger partial charge in [-0.2, -0.15) is 0 Å². The lowest BCUT2D eigenvalue weighted by Gasteiger charge is -2.35. The standard InChI is InChI=1S/C17H22N2O4/c1-11-4-6-12(7-5-11)16(20)19-8-2-3-13(9-19)15-14(17(21)22)18-10-23-15/h4,10,12-13H,2-3,5-9H2,1H3,(H,21,22)/t12-,13?/m0/s1. The number of nitrogens with zero attached hydrogens (tertiary/aromatic N) is 2. The Balaban J connectivity index is 1.70. The van der Waals surface area contributed by atoms with E-state index in [4.69, 9.17) is 4.42 Å². The summed E-state index contributed by atoms with van der Waals surface area (Å²) in [5, 5.41) is 9.18. The van der Waals surface area contributed by atoms with Crippen molar-refractivity contribution in [2.75, 3.05) is 13.1 Å². The second-order valence-corrected chi connectivity index (χ2v) is 6.52. The van der Waals surface area contributed by atoms with Crippen LogP contribution >= 0.6 is 0 Å². The molecule has 1 saturated heterocycles. The van der Waals surface area contributed by atoms with E-state index in [1.54, 1.807) is 0 Å². The van der Waals surface area contributed by atoms with Crippen molar-refractivity contribution in [1.29, 1.82) is 0 Å². The van der Waals surface area contributed by atoms with E-state index in [0.29, 0.717) is 12.3 Å². The van der Waals surface area contributed by atoms with Gasteiger partial charge in [-0.05, 0) is 39.0 Å². The topological polar surface area (TPSA) is 83.6 Å². The summed E-state index contributed by atoms with van der Waals surface area (Å²) >= 11 is 0. The first kappa shape index (κ1) is 15.8. The van der Waals surface area contributed by atoms with Crippen LogP contribution in [-0.2, 0) is 4.79 Å². The third-order valence-corrected chi connectivity index (χ3v) is 4.89.